The number of aromatic nitrogens is 2. The van der Waals surface area contributed by atoms with Crippen LogP contribution in [0.4, 0.5) is 17.5 Å². The predicted octanol–water partition coefficient (Wildman–Crippen LogP) is -0.895. The Morgan fingerprint density at radius 3 is 2.57 bits per heavy atom. The van der Waals surface area contributed by atoms with Gasteiger partial charge in [0.15, 0.2) is 11.5 Å². The molecule has 28 heavy (non-hydrogen) atoms. The molecule has 0 amide bonds. The minimum Gasteiger partial charge on any atom is -0.391 e. The first-order valence-corrected chi connectivity index (χ1v) is 8.40. The monoisotopic (exact) mass is 440 g/mol. The SMILES string of the molecule is CC(O)C(O)C1(O)C=Nc2nc(N)n(CC3CCCN3C)c(=O)c2N1O.Cl.Cl. The zero-order valence-electron chi connectivity index (χ0n) is 15.5. The average molecular weight is 441 g/mol. The fraction of sp³-hybridized carbons (Fsp3) is 0.667. The van der Waals surface area contributed by atoms with Crippen LogP contribution in [0.5, 0.6) is 0 Å². The number of nitrogen functional groups attached to an aromatic ring is 1. The summed E-state index contributed by atoms with van der Waals surface area (Å²) in [4.78, 5) is 22.9. The van der Waals surface area contributed by atoms with E-state index in [-0.39, 0.29) is 54.2 Å². The second kappa shape index (κ2) is 8.91. The minimum atomic E-state index is -2.47. The van der Waals surface area contributed by atoms with Gasteiger partial charge in [0.2, 0.25) is 11.7 Å². The quantitative estimate of drug-likeness (QED) is 0.399. The maximum Gasteiger partial charge on any atom is 0.283 e. The van der Waals surface area contributed by atoms with Gasteiger partial charge in [0.05, 0.1) is 12.3 Å². The number of aliphatic imine (C=N–C) groups is 1. The van der Waals surface area contributed by atoms with Crippen LogP contribution in [0.3, 0.4) is 0 Å². The lowest BCUT2D eigenvalue weighted by atomic mass is 10.0. The molecule has 6 N–H and O–H groups in total. The Morgan fingerprint density at radius 1 is 1.39 bits per heavy atom. The molecule has 3 rings (SSSR count). The number of anilines is 2. The van der Waals surface area contributed by atoms with Crippen LogP contribution in [-0.4, -0.2) is 78.8 Å². The van der Waals surface area contributed by atoms with Crippen LogP contribution in [0.1, 0.15) is 19.8 Å². The Hall–Kier alpha value is -1.47. The maximum atomic E-state index is 12.9. The molecule has 1 saturated heterocycles. The normalized spacial score (nSPS) is 26.2. The van der Waals surface area contributed by atoms with Crippen molar-refractivity contribution in [3.05, 3.63) is 10.4 Å². The van der Waals surface area contributed by atoms with Gasteiger partial charge in [-0.2, -0.15) is 4.98 Å². The number of aliphatic hydroxyl groups is 3. The number of fused-ring (bicyclic) bond motifs is 1. The Morgan fingerprint density at radius 2 is 2.04 bits per heavy atom. The van der Waals surface area contributed by atoms with Gasteiger partial charge in [-0.1, -0.05) is 0 Å². The van der Waals surface area contributed by atoms with Crippen molar-refractivity contribution in [2.45, 2.75) is 50.3 Å². The van der Waals surface area contributed by atoms with Gasteiger partial charge in [-0.05, 0) is 33.4 Å². The standard InChI is InChI=1S/C15H24N6O5.2ClH/c1-8(22)11(23)15(25)7-17-12-10(21(15)26)13(24)20(14(16)18-12)6-9-4-3-5-19(9)2;;/h7-9,11,22-23,25-26H,3-6H2,1-2H3,(H2,16,18);2*1H. The molecule has 0 saturated carbocycles. The molecule has 0 radical (unpaired) electrons. The number of hydrogen-bond acceptors (Lipinski definition) is 10. The number of hydroxylamine groups is 1. The second-order valence-corrected chi connectivity index (χ2v) is 6.87. The number of nitrogens with zero attached hydrogens (tertiary/aromatic N) is 5. The zero-order chi connectivity index (χ0) is 19.2. The molecule has 1 fully saturated rings. The van der Waals surface area contributed by atoms with Crippen molar-refractivity contribution in [2.24, 2.45) is 4.99 Å². The molecule has 0 bridgehead atoms. The van der Waals surface area contributed by atoms with E-state index in [1.165, 1.54) is 11.5 Å². The second-order valence-electron chi connectivity index (χ2n) is 6.87. The van der Waals surface area contributed by atoms with Gasteiger partial charge in [0, 0.05) is 12.6 Å². The number of likely N-dealkylation sites (N-methyl/N-ethyl adjacent to an activating group) is 1. The molecule has 160 valence electrons. The molecule has 1 aromatic heterocycles. The van der Waals surface area contributed by atoms with Crippen LogP contribution in [0.15, 0.2) is 9.79 Å². The molecular formula is C15H26Cl2N6O5. The van der Waals surface area contributed by atoms with Gasteiger partial charge < -0.3 is 26.0 Å². The highest BCUT2D eigenvalue weighted by molar-refractivity contribution is 5.86. The highest BCUT2D eigenvalue weighted by Crippen LogP contribution is 2.33. The molecular weight excluding hydrogens is 415 g/mol. The molecule has 0 spiro atoms. The molecule has 11 nitrogen and oxygen atoms in total. The molecule has 4 unspecified atom stereocenters. The smallest absolute Gasteiger partial charge is 0.283 e. The van der Waals surface area contributed by atoms with Crippen LogP contribution in [-0.2, 0) is 6.54 Å². The van der Waals surface area contributed by atoms with E-state index in [4.69, 9.17) is 5.73 Å². The van der Waals surface area contributed by atoms with Crippen LogP contribution in [0.25, 0.3) is 0 Å². The third kappa shape index (κ3) is 3.96. The Balaban J connectivity index is 0.00000196. The van der Waals surface area contributed by atoms with Crippen molar-refractivity contribution in [1.82, 2.24) is 14.5 Å². The van der Waals surface area contributed by atoms with Gasteiger partial charge in [-0.15, -0.1) is 24.8 Å². The molecule has 3 heterocycles. The molecule has 0 aliphatic carbocycles. The Kier molecular flexibility index (Phi) is 7.81. The van der Waals surface area contributed by atoms with Gasteiger partial charge in [0.25, 0.3) is 5.56 Å². The predicted molar refractivity (Wildman–Crippen MR) is 108 cm³/mol. The first-order valence-electron chi connectivity index (χ1n) is 8.40. The van der Waals surface area contributed by atoms with Crippen molar-refractivity contribution in [2.75, 3.05) is 24.4 Å². The van der Waals surface area contributed by atoms with Crippen molar-refractivity contribution in [1.29, 1.82) is 0 Å². The van der Waals surface area contributed by atoms with Gasteiger partial charge in [-0.3, -0.25) is 14.6 Å². The van der Waals surface area contributed by atoms with E-state index in [0.717, 1.165) is 25.6 Å². The fourth-order valence-corrected chi connectivity index (χ4v) is 3.37. The minimum absolute atomic E-state index is 0. The van der Waals surface area contributed by atoms with E-state index >= 15 is 0 Å². The van der Waals surface area contributed by atoms with Gasteiger partial charge in [-0.25, -0.2) is 10.1 Å². The molecule has 0 aromatic carbocycles. The van der Waals surface area contributed by atoms with E-state index < -0.39 is 29.2 Å². The molecule has 13 heteroatoms. The van der Waals surface area contributed by atoms with Crippen LogP contribution in [0, 0.1) is 0 Å². The number of aliphatic hydroxyl groups excluding tert-OH is 2. The highest BCUT2D eigenvalue weighted by Gasteiger charge is 2.47. The summed E-state index contributed by atoms with van der Waals surface area (Å²) in [5, 5.41) is 40.7. The Labute approximate surface area is 173 Å². The highest BCUT2D eigenvalue weighted by atomic mass is 35.5. The summed E-state index contributed by atoms with van der Waals surface area (Å²) in [5.41, 5.74) is 2.32. The van der Waals surface area contributed by atoms with E-state index in [0.29, 0.717) is 0 Å². The van der Waals surface area contributed by atoms with Crippen molar-refractivity contribution in [3.63, 3.8) is 0 Å². The summed E-state index contributed by atoms with van der Waals surface area (Å²) in [6, 6.07) is 0.0935. The van der Waals surface area contributed by atoms with E-state index in [2.05, 4.69) is 14.9 Å². The number of halogens is 2. The molecule has 2 aliphatic rings. The van der Waals surface area contributed by atoms with E-state index in [1.54, 1.807) is 0 Å². The van der Waals surface area contributed by atoms with Crippen molar-refractivity contribution in [3.8, 4) is 0 Å². The van der Waals surface area contributed by atoms with Crippen LogP contribution >= 0.6 is 24.8 Å². The first kappa shape index (κ1) is 24.6. The van der Waals surface area contributed by atoms with Crippen LogP contribution < -0.4 is 16.4 Å². The topological polar surface area (TPSA) is 161 Å². The third-order valence-corrected chi connectivity index (χ3v) is 5.04. The summed E-state index contributed by atoms with van der Waals surface area (Å²) < 4.78 is 1.21. The van der Waals surface area contributed by atoms with E-state index in [1.807, 2.05) is 7.05 Å². The number of nitrogens with two attached hydrogens (primary N) is 1. The first-order chi connectivity index (χ1) is 12.2. The van der Waals surface area contributed by atoms with Crippen molar-refractivity contribution < 1.29 is 20.5 Å². The summed E-state index contributed by atoms with van der Waals surface area (Å²) >= 11 is 0. The fourth-order valence-electron chi connectivity index (χ4n) is 3.37. The third-order valence-electron chi connectivity index (χ3n) is 5.04. The lowest BCUT2D eigenvalue weighted by Gasteiger charge is -2.39. The summed E-state index contributed by atoms with van der Waals surface area (Å²) in [7, 11) is 1.95. The maximum absolute atomic E-state index is 12.9. The van der Waals surface area contributed by atoms with Gasteiger partial charge >= 0.3 is 0 Å². The lowest BCUT2D eigenvalue weighted by molar-refractivity contribution is -0.112. The summed E-state index contributed by atoms with van der Waals surface area (Å²) in [6.07, 6.45) is -0.487. The lowest BCUT2D eigenvalue weighted by Crippen LogP contribution is -2.62. The number of rotatable bonds is 4. The van der Waals surface area contributed by atoms with Crippen molar-refractivity contribution >= 4 is 48.5 Å². The Bertz CT molecular complexity index is 791. The average Bonchev–Trinajstić information content (AvgIpc) is 2.99. The largest absolute Gasteiger partial charge is 0.391 e. The molecule has 1 aromatic rings. The van der Waals surface area contributed by atoms with Crippen LogP contribution in [0.2, 0.25) is 0 Å². The number of hydrogen-bond donors (Lipinski definition) is 5. The summed E-state index contributed by atoms with van der Waals surface area (Å²) in [6.45, 7) is 2.42. The van der Waals surface area contributed by atoms with E-state index in [9.17, 15) is 25.3 Å². The zero-order valence-corrected chi connectivity index (χ0v) is 17.1. The summed E-state index contributed by atoms with van der Waals surface area (Å²) in [5.74, 6) is -0.227. The number of likely N-dealkylation sites (tertiary alicyclic amines) is 1. The molecule has 2 aliphatic heterocycles. The van der Waals surface area contributed by atoms with Gasteiger partial charge in [0.1, 0.15) is 6.10 Å². The molecule has 4 atom stereocenters.